The smallest absolute Gasteiger partial charge is 0.446 e. The van der Waals surface area contributed by atoms with Crippen molar-refractivity contribution in [3.63, 3.8) is 0 Å². The van der Waals surface area contributed by atoms with E-state index in [0.29, 0.717) is 39.7 Å². The Morgan fingerprint density at radius 3 is 2.42 bits per heavy atom. The van der Waals surface area contributed by atoms with E-state index in [0.717, 1.165) is 51.2 Å². The summed E-state index contributed by atoms with van der Waals surface area (Å²) in [6.45, 7) is 3.20. The van der Waals surface area contributed by atoms with Crippen molar-refractivity contribution >= 4 is 51.7 Å². The van der Waals surface area contributed by atoms with E-state index in [1.165, 1.54) is 23.5 Å². The van der Waals surface area contributed by atoms with Gasteiger partial charge in [-0.25, -0.2) is 0 Å². The zero-order valence-electron chi connectivity index (χ0n) is 28.1. The maximum atomic E-state index is 13.4. The second-order valence-electron chi connectivity index (χ2n) is 12.0. The minimum absolute atomic E-state index is 0.0681. The molecule has 13 nitrogen and oxygen atoms in total. The molecule has 0 aliphatic carbocycles. The molecule has 1 unspecified atom stereocenters. The van der Waals surface area contributed by atoms with Crippen LogP contribution in [0.15, 0.2) is 60.7 Å². The number of likely N-dealkylation sites (N-methyl/N-ethyl adjacent to an activating group) is 1. The fourth-order valence-electron chi connectivity index (χ4n) is 5.24. The summed E-state index contributed by atoms with van der Waals surface area (Å²) in [6, 6.07) is 15.1. The summed E-state index contributed by atoms with van der Waals surface area (Å²) in [5.41, 5.74) is 1.48. The van der Waals surface area contributed by atoms with Gasteiger partial charge in [0.05, 0.1) is 18.7 Å². The van der Waals surface area contributed by atoms with Crippen LogP contribution in [0.5, 0.6) is 5.75 Å². The topological polar surface area (TPSA) is 152 Å². The molecule has 1 fully saturated rings. The van der Waals surface area contributed by atoms with Gasteiger partial charge in [-0.05, 0) is 68.3 Å². The molecule has 2 aromatic carbocycles. The Kier molecular flexibility index (Phi) is 13.5. The molecule has 4 aromatic rings. The molecule has 2 aromatic heterocycles. The molecule has 2 N–H and O–H groups in total. The van der Waals surface area contributed by atoms with Crippen LogP contribution in [0, 0.1) is 0 Å². The van der Waals surface area contributed by atoms with Gasteiger partial charge in [0.1, 0.15) is 10.8 Å². The lowest BCUT2D eigenvalue weighted by Gasteiger charge is -2.31. The Morgan fingerprint density at radius 2 is 1.69 bits per heavy atom. The van der Waals surface area contributed by atoms with Gasteiger partial charge < -0.3 is 19.7 Å². The van der Waals surface area contributed by atoms with Crippen molar-refractivity contribution in [2.45, 2.75) is 44.6 Å². The summed E-state index contributed by atoms with van der Waals surface area (Å²) >= 11 is 7.40. The molecule has 2 amide bonds. The van der Waals surface area contributed by atoms with E-state index in [9.17, 15) is 27.6 Å². The van der Waals surface area contributed by atoms with E-state index in [4.69, 9.17) is 16.3 Å². The molecule has 1 atom stereocenters. The third kappa shape index (κ3) is 12.5. The highest BCUT2D eigenvalue weighted by atomic mass is 35.5. The third-order valence-corrected chi connectivity index (χ3v) is 8.98. The van der Waals surface area contributed by atoms with Crippen molar-refractivity contribution in [1.29, 1.82) is 0 Å². The normalized spacial score (nSPS) is 14.4. The monoisotopic (exact) mass is 760 g/mol. The van der Waals surface area contributed by atoms with Crippen LogP contribution in [0.4, 0.5) is 24.1 Å². The molecule has 18 heteroatoms. The zero-order valence-corrected chi connectivity index (χ0v) is 29.6. The molecule has 52 heavy (non-hydrogen) atoms. The van der Waals surface area contributed by atoms with E-state index in [-0.39, 0.29) is 23.9 Å². The van der Waals surface area contributed by atoms with Crippen LogP contribution >= 0.6 is 22.9 Å². The van der Waals surface area contributed by atoms with Crippen LogP contribution in [-0.4, -0.2) is 94.1 Å². The summed E-state index contributed by atoms with van der Waals surface area (Å²) < 4.78 is 47.0. The molecule has 276 valence electrons. The lowest BCUT2D eigenvalue weighted by Crippen LogP contribution is -2.46. The summed E-state index contributed by atoms with van der Waals surface area (Å²) in [5, 5.41) is 23.1. The summed E-state index contributed by atoms with van der Waals surface area (Å²) in [7, 11) is 2.02. The van der Waals surface area contributed by atoms with Crippen LogP contribution in [-0.2, 0) is 38.4 Å². The number of esters is 1. The molecule has 0 spiro atoms. The quantitative estimate of drug-likeness (QED) is 0.123. The van der Waals surface area contributed by atoms with Gasteiger partial charge in [-0.15, -0.1) is 28.5 Å². The number of piperazine rings is 1. The Balaban J connectivity index is 1.06. The number of halogens is 4. The number of amides is 2. The second kappa shape index (κ2) is 18.2. The first-order valence-corrected chi connectivity index (χ1v) is 17.5. The molecule has 5 rings (SSSR count). The van der Waals surface area contributed by atoms with E-state index in [1.807, 2.05) is 11.9 Å². The average molecular weight is 761 g/mol. The van der Waals surface area contributed by atoms with Crippen LogP contribution in [0.3, 0.4) is 0 Å². The number of hydrogen-bond acceptors (Lipinski definition) is 12. The van der Waals surface area contributed by atoms with Gasteiger partial charge in [0.25, 0.3) is 5.91 Å². The van der Waals surface area contributed by atoms with Gasteiger partial charge >= 0.3 is 12.3 Å². The van der Waals surface area contributed by atoms with Crippen molar-refractivity contribution in [3.05, 3.63) is 87.5 Å². The number of carbonyl (C=O) groups is 3. The number of unbranched alkanes of at least 4 members (excludes halogenated alkanes) is 1. The van der Waals surface area contributed by atoms with Gasteiger partial charge in [-0.1, -0.05) is 47.2 Å². The van der Waals surface area contributed by atoms with E-state index in [2.05, 4.69) is 40.7 Å². The Bertz CT molecular complexity index is 1820. The highest BCUT2D eigenvalue weighted by Gasteiger charge is 2.31. The maximum absolute atomic E-state index is 13.4. The highest BCUT2D eigenvalue weighted by molar-refractivity contribution is 7.15. The number of ether oxygens (including phenoxy) is 2. The summed E-state index contributed by atoms with van der Waals surface area (Å²) in [5.74, 6) is -1.76. The van der Waals surface area contributed by atoms with Crippen molar-refractivity contribution in [2.24, 2.45) is 0 Å². The van der Waals surface area contributed by atoms with Crippen LogP contribution in [0.2, 0.25) is 5.02 Å². The minimum Gasteiger partial charge on any atom is -0.446 e. The number of carbonyl (C=O) groups excluding carboxylic acids is 3. The predicted molar refractivity (Wildman–Crippen MR) is 187 cm³/mol. The van der Waals surface area contributed by atoms with Gasteiger partial charge in [-0.3, -0.25) is 24.6 Å². The lowest BCUT2D eigenvalue weighted by molar-refractivity contribution is -0.274. The molecular weight excluding hydrogens is 725 g/mol. The number of alkyl halides is 3. The summed E-state index contributed by atoms with van der Waals surface area (Å²) in [6.07, 6.45) is -3.53. The fraction of sp³-hybridized carbons (Fsp3) is 0.382. The number of aryl methyl sites for hydroxylation is 2. The number of rotatable bonds is 15. The maximum Gasteiger partial charge on any atom is 0.573 e. The second-order valence-corrected chi connectivity index (χ2v) is 13.5. The van der Waals surface area contributed by atoms with Crippen LogP contribution in [0.25, 0.3) is 0 Å². The SMILES string of the molecule is CN1CCN(CC(=O)OC(C(=O)Nc2nnc(CCCCc3ccc(NC(=O)Cc4cccc(OC(F)(F)F)c4)nn3)s2)c2cccc(Cl)c2)CC1. The molecule has 1 aliphatic heterocycles. The number of benzene rings is 2. The van der Waals surface area contributed by atoms with Gasteiger partial charge in [0, 0.05) is 43.2 Å². The molecule has 3 heterocycles. The molecular formula is C34H36ClF3N8O5S. The largest absolute Gasteiger partial charge is 0.573 e. The van der Waals surface area contributed by atoms with Crippen LogP contribution in [0.1, 0.15) is 40.8 Å². The highest BCUT2D eigenvalue weighted by Crippen LogP contribution is 2.26. The van der Waals surface area contributed by atoms with Crippen molar-refractivity contribution < 1.29 is 37.0 Å². The van der Waals surface area contributed by atoms with Gasteiger partial charge in [-0.2, -0.15) is 5.10 Å². The Morgan fingerprint density at radius 1 is 0.923 bits per heavy atom. The lowest BCUT2D eigenvalue weighted by atomic mass is 10.1. The first-order valence-electron chi connectivity index (χ1n) is 16.3. The number of nitrogens with zero attached hydrogens (tertiary/aromatic N) is 6. The van der Waals surface area contributed by atoms with E-state index >= 15 is 0 Å². The summed E-state index contributed by atoms with van der Waals surface area (Å²) in [4.78, 5) is 42.8. The third-order valence-electron chi connectivity index (χ3n) is 7.84. The van der Waals surface area contributed by atoms with Crippen molar-refractivity contribution in [2.75, 3.05) is 50.4 Å². The first kappa shape index (κ1) is 38.5. The molecule has 1 aliphatic rings. The van der Waals surface area contributed by atoms with Gasteiger partial charge in [0.2, 0.25) is 17.1 Å². The van der Waals surface area contributed by atoms with E-state index < -0.39 is 36.0 Å². The number of hydrogen-bond donors (Lipinski definition) is 2. The Labute approximate surface area is 306 Å². The van der Waals surface area contributed by atoms with Gasteiger partial charge in [0.15, 0.2) is 5.82 Å². The van der Waals surface area contributed by atoms with Crippen molar-refractivity contribution in [3.8, 4) is 5.75 Å². The zero-order chi connectivity index (χ0) is 37.1. The van der Waals surface area contributed by atoms with E-state index in [1.54, 1.807) is 36.4 Å². The molecule has 0 bridgehead atoms. The Hall–Kier alpha value is -4.71. The predicted octanol–water partition coefficient (Wildman–Crippen LogP) is 5.10. The first-order chi connectivity index (χ1) is 24.9. The number of nitrogens with one attached hydrogen (secondary N) is 2. The fourth-order valence-corrected chi connectivity index (χ4v) is 6.23. The molecule has 0 radical (unpaired) electrons. The number of aromatic nitrogens is 4. The average Bonchev–Trinajstić information content (AvgIpc) is 3.53. The minimum atomic E-state index is -4.83. The van der Waals surface area contributed by atoms with Crippen LogP contribution < -0.4 is 15.4 Å². The number of anilines is 2. The molecule has 1 saturated heterocycles. The van der Waals surface area contributed by atoms with Crippen molar-refractivity contribution in [1.82, 2.24) is 30.2 Å². The standard InChI is InChI=1S/C34H36ClF3N8O5S/c1-45-14-16-46(17-15-45)21-30(48)50-31(23-7-5-8-24(35)20-23)32(49)40-33-44-43-29(52-33)11-3-2-9-25-12-13-27(42-41-25)39-28(47)19-22-6-4-10-26(18-22)51-34(36,37)38/h4-8,10,12-13,18,20,31H,2-3,9,11,14-17,19,21H2,1H3,(H,39,42,47)(H,40,44,49). The molecule has 0 saturated carbocycles.